The fraction of sp³-hybridized carbons (Fsp3) is 0.810. The molecule has 1 heterocycles. The van der Waals surface area contributed by atoms with Crippen molar-refractivity contribution in [2.24, 2.45) is 0 Å². The van der Waals surface area contributed by atoms with E-state index in [0.29, 0.717) is 6.54 Å². The maximum atomic E-state index is 12.8. The van der Waals surface area contributed by atoms with Crippen molar-refractivity contribution in [2.45, 2.75) is 97.2 Å². The van der Waals surface area contributed by atoms with Gasteiger partial charge >= 0.3 is 12.1 Å². The molecule has 1 amide bonds. The Labute approximate surface area is 171 Å². The molecule has 1 fully saturated rings. The zero-order valence-electron chi connectivity index (χ0n) is 19.0. The molecule has 1 saturated heterocycles. The molecule has 1 rings (SSSR count). The summed E-state index contributed by atoms with van der Waals surface area (Å²) in [5.74, 6) is 4.88. The second-order valence-corrected chi connectivity index (χ2v) is 14.4. The fourth-order valence-corrected chi connectivity index (χ4v) is 3.99. The lowest BCUT2D eigenvalue weighted by Gasteiger charge is -2.45. The first-order chi connectivity index (χ1) is 12.7. The summed E-state index contributed by atoms with van der Waals surface area (Å²) in [6, 6.07) is -0.540. The summed E-state index contributed by atoms with van der Waals surface area (Å²) in [5.41, 5.74) is -0.608. The van der Waals surface area contributed by atoms with E-state index < -0.39 is 32.0 Å². The van der Waals surface area contributed by atoms with E-state index in [1.807, 2.05) is 20.8 Å². The van der Waals surface area contributed by atoms with Crippen LogP contribution in [-0.2, 0) is 18.7 Å². The van der Waals surface area contributed by atoms with Crippen molar-refractivity contribution in [2.75, 3.05) is 13.2 Å². The van der Waals surface area contributed by atoms with E-state index in [-0.39, 0.29) is 17.7 Å². The Morgan fingerprint density at radius 1 is 1.14 bits per heavy atom. The standard InChI is InChI=1S/C21H37NO5Si/c1-10-25-18(23)14-13-16-17(27-28(8,9)21(5,6)7)12-11-15-22(16)19(24)26-20(2,3)4/h16-17H,10-12,15H2,1-9H3/t16-,17+/m1/s1. The number of nitrogens with zero attached hydrogens (tertiary/aromatic N) is 1. The predicted molar refractivity (Wildman–Crippen MR) is 112 cm³/mol. The minimum atomic E-state index is -2.08. The van der Waals surface area contributed by atoms with E-state index in [9.17, 15) is 9.59 Å². The van der Waals surface area contributed by atoms with Crippen molar-refractivity contribution in [3.05, 3.63) is 0 Å². The maximum Gasteiger partial charge on any atom is 0.411 e. The molecule has 0 aromatic carbocycles. The van der Waals surface area contributed by atoms with Crippen LogP contribution in [0.2, 0.25) is 18.1 Å². The minimum Gasteiger partial charge on any atom is -0.456 e. The number of piperidine rings is 1. The van der Waals surface area contributed by atoms with E-state index in [1.165, 1.54) is 0 Å². The number of rotatable bonds is 3. The van der Waals surface area contributed by atoms with Crippen LogP contribution < -0.4 is 0 Å². The lowest BCUT2D eigenvalue weighted by Crippen LogP contribution is -2.56. The minimum absolute atomic E-state index is 0.0281. The molecule has 6 nitrogen and oxygen atoms in total. The zero-order valence-corrected chi connectivity index (χ0v) is 20.0. The topological polar surface area (TPSA) is 65.1 Å². The van der Waals surface area contributed by atoms with Gasteiger partial charge in [-0.3, -0.25) is 4.90 Å². The van der Waals surface area contributed by atoms with Crippen LogP contribution in [0, 0.1) is 11.8 Å². The number of amides is 1. The van der Waals surface area contributed by atoms with Crippen LogP contribution in [0.15, 0.2) is 0 Å². The highest BCUT2D eigenvalue weighted by Gasteiger charge is 2.44. The van der Waals surface area contributed by atoms with Gasteiger partial charge in [0.15, 0.2) is 8.32 Å². The van der Waals surface area contributed by atoms with Crippen LogP contribution in [0.25, 0.3) is 0 Å². The van der Waals surface area contributed by atoms with E-state index in [4.69, 9.17) is 13.9 Å². The fourth-order valence-electron chi connectivity index (χ4n) is 2.64. The molecule has 7 heteroatoms. The summed E-state index contributed by atoms with van der Waals surface area (Å²) in [7, 11) is -2.08. The third-order valence-electron chi connectivity index (χ3n) is 5.05. The molecule has 0 N–H and O–H groups in total. The van der Waals surface area contributed by atoms with Gasteiger partial charge in [-0.15, -0.1) is 0 Å². The van der Waals surface area contributed by atoms with Gasteiger partial charge in [-0.2, -0.15) is 0 Å². The molecule has 0 saturated carbocycles. The van der Waals surface area contributed by atoms with Crippen LogP contribution in [-0.4, -0.2) is 56.2 Å². The molecule has 0 unspecified atom stereocenters. The van der Waals surface area contributed by atoms with Gasteiger partial charge in [0.2, 0.25) is 0 Å². The quantitative estimate of drug-likeness (QED) is 0.299. The molecular weight excluding hydrogens is 374 g/mol. The molecule has 0 aromatic rings. The van der Waals surface area contributed by atoms with Gasteiger partial charge in [-0.05, 0) is 58.7 Å². The van der Waals surface area contributed by atoms with Gasteiger partial charge in [0.05, 0.1) is 12.7 Å². The Morgan fingerprint density at radius 3 is 2.25 bits per heavy atom. The van der Waals surface area contributed by atoms with Gasteiger partial charge in [0.1, 0.15) is 11.6 Å². The van der Waals surface area contributed by atoms with Crippen LogP contribution in [0.1, 0.15) is 61.3 Å². The van der Waals surface area contributed by atoms with E-state index in [2.05, 4.69) is 45.7 Å². The predicted octanol–water partition coefficient (Wildman–Crippen LogP) is 4.34. The molecule has 28 heavy (non-hydrogen) atoms. The highest BCUT2D eigenvalue weighted by Crippen LogP contribution is 2.39. The number of carbonyl (C=O) groups excluding carboxylic acids is 2. The second-order valence-electron chi connectivity index (χ2n) is 9.67. The van der Waals surface area contributed by atoms with Crippen molar-refractivity contribution in [3.8, 4) is 11.8 Å². The molecule has 2 atom stereocenters. The van der Waals surface area contributed by atoms with Gasteiger partial charge in [0, 0.05) is 12.5 Å². The monoisotopic (exact) mass is 411 g/mol. The SMILES string of the molecule is CCOC(=O)C#C[C@@H]1[C@@H](O[Si](C)(C)C(C)(C)C)CCCN1C(=O)OC(C)(C)C. The number of carbonyl (C=O) groups is 2. The Balaban J connectivity index is 3.18. The van der Waals surface area contributed by atoms with Crippen molar-refractivity contribution in [1.82, 2.24) is 4.90 Å². The summed E-state index contributed by atoms with van der Waals surface area (Å²) in [4.78, 5) is 26.2. The van der Waals surface area contributed by atoms with Gasteiger partial charge in [0.25, 0.3) is 0 Å². The Morgan fingerprint density at radius 2 is 1.75 bits per heavy atom. The molecule has 0 aromatic heterocycles. The molecule has 0 spiro atoms. The van der Waals surface area contributed by atoms with Gasteiger partial charge < -0.3 is 13.9 Å². The summed E-state index contributed by atoms with van der Waals surface area (Å²) in [6.07, 6.45) is 0.896. The lowest BCUT2D eigenvalue weighted by atomic mass is 9.99. The number of hydrogen-bond acceptors (Lipinski definition) is 5. The highest BCUT2D eigenvalue weighted by atomic mass is 28.4. The van der Waals surface area contributed by atoms with Crippen LogP contribution >= 0.6 is 0 Å². The smallest absolute Gasteiger partial charge is 0.411 e. The van der Waals surface area contributed by atoms with E-state index >= 15 is 0 Å². The number of likely N-dealkylation sites (tertiary alicyclic amines) is 1. The average molecular weight is 412 g/mol. The summed E-state index contributed by atoms with van der Waals surface area (Å²) >= 11 is 0. The van der Waals surface area contributed by atoms with Gasteiger partial charge in [-0.25, -0.2) is 9.59 Å². The zero-order chi connectivity index (χ0) is 21.8. The van der Waals surface area contributed by atoms with Gasteiger partial charge in [-0.1, -0.05) is 26.7 Å². The first kappa shape index (κ1) is 24.5. The number of ether oxygens (including phenoxy) is 2. The third-order valence-corrected chi connectivity index (χ3v) is 9.56. The summed E-state index contributed by atoms with van der Waals surface area (Å²) in [6.45, 7) is 18.9. The molecule has 0 radical (unpaired) electrons. The van der Waals surface area contributed by atoms with Crippen molar-refractivity contribution in [1.29, 1.82) is 0 Å². The Hall–Kier alpha value is -1.52. The molecule has 160 valence electrons. The van der Waals surface area contributed by atoms with E-state index in [1.54, 1.807) is 11.8 Å². The van der Waals surface area contributed by atoms with Crippen LogP contribution in [0.3, 0.4) is 0 Å². The molecule has 1 aliphatic rings. The molecule has 0 bridgehead atoms. The lowest BCUT2D eigenvalue weighted by molar-refractivity contribution is -0.136. The van der Waals surface area contributed by atoms with Crippen molar-refractivity contribution in [3.63, 3.8) is 0 Å². The molecule has 1 aliphatic heterocycles. The molecule has 0 aliphatic carbocycles. The van der Waals surface area contributed by atoms with Crippen LogP contribution in [0.4, 0.5) is 4.79 Å². The first-order valence-corrected chi connectivity index (χ1v) is 12.9. The highest BCUT2D eigenvalue weighted by molar-refractivity contribution is 6.74. The van der Waals surface area contributed by atoms with E-state index in [0.717, 1.165) is 12.8 Å². The first-order valence-electron chi connectivity index (χ1n) is 10.0. The Kier molecular flexibility index (Phi) is 8.16. The largest absolute Gasteiger partial charge is 0.456 e. The normalized spacial score (nSPS) is 20.8. The average Bonchev–Trinajstić information content (AvgIpc) is 2.50. The third kappa shape index (κ3) is 7.14. The summed E-state index contributed by atoms with van der Waals surface area (Å²) < 4.78 is 17.1. The molecular formula is C21H37NO5Si. The second kappa shape index (κ2) is 9.32. The van der Waals surface area contributed by atoms with Crippen molar-refractivity contribution < 1.29 is 23.5 Å². The van der Waals surface area contributed by atoms with Crippen LogP contribution in [0.5, 0.6) is 0 Å². The summed E-state index contributed by atoms with van der Waals surface area (Å²) in [5, 5.41) is 0.0281. The van der Waals surface area contributed by atoms with Crippen molar-refractivity contribution >= 4 is 20.4 Å². The number of esters is 1. The maximum absolute atomic E-state index is 12.8. The Bertz CT molecular complexity index is 621. The number of hydrogen-bond donors (Lipinski definition) is 0.